The van der Waals surface area contributed by atoms with E-state index in [9.17, 15) is 14.7 Å². The normalized spacial score (nSPS) is 17.6. The summed E-state index contributed by atoms with van der Waals surface area (Å²) in [7, 11) is 0. The van der Waals surface area contributed by atoms with Gasteiger partial charge in [-0.1, -0.05) is 61.3 Å². The third kappa shape index (κ3) is 5.53. The molecule has 2 aromatic rings. The van der Waals surface area contributed by atoms with Gasteiger partial charge in [0.2, 0.25) is 5.91 Å². The summed E-state index contributed by atoms with van der Waals surface area (Å²) in [6.07, 6.45) is 1.22. The third-order valence-corrected chi connectivity index (χ3v) is 6.76. The third-order valence-electron chi connectivity index (χ3n) is 6.18. The monoisotopic (exact) mass is 490 g/mol. The predicted octanol–water partition coefficient (Wildman–Crippen LogP) is 5.14. The zero-order valence-corrected chi connectivity index (χ0v) is 21.3. The largest absolute Gasteiger partial charge is 0.378 e. The number of halogens is 2. The van der Waals surface area contributed by atoms with Gasteiger partial charge in [-0.3, -0.25) is 9.59 Å². The van der Waals surface area contributed by atoms with Gasteiger partial charge in [0.25, 0.3) is 5.91 Å². The lowest BCUT2D eigenvalue weighted by atomic mass is 9.86. The Morgan fingerprint density at radius 1 is 1.18 bits per heavy atom. The summed E-state index contributed by atoms with van der Waals surface area (Å²) in [6, 6.07) is 12.6. The van der Waals surface area contributed by atoms with Crippen LogP contribution in [0, 0.1) is 5.92 Å². The summed E-state index contributed by atoms with van der Waals surface area (Å²) < 4.78 is 0. The molecular weight excluding hydrogens is 459 g/mol. The van der Waals surface area contributed by atoms with Crippen molar-refractivity contribution in [3.05, 3.63) is 63.6 Å². The highest BCUT2D eigenvalue weighted by molar-refractivity contribution is 6.35. The van der Waals surface area contributed by atoms with Crippen molar-refractivity contribution in [1.29, 1.82) is 0 Å². The van der Waals surface area contributed by atoms with Crippen molar-refractivity contribution in [2.75, 3.05) is 11.4 Å². The molecule has 2 N–H and O–H groups in total. The molecule has 0 spiro atoms. The second kappa shape index (κ2) is 9.65. The van der Waals surface area contributed by atoms with E-state index < -0.39 is 16.9 Å². The van der Waals surface area contributed by atoms with Gasteiger partial charge in [0.15, 0.2) is 5.60 Å². The zero-order valence-electron chi connectivity index (χ0n) is 19.8. The first-order valence-corrected chi connectivity index (χ1v) is 12.0. The standard InChI is InChI=1S/C26H32Cl2N2O3/c1-16(2)12-19(13-17-10-11-18(27)14-21(17)28)29-23(31)26(5,33)15-30-22-9-7-6-8-20(22)25(3,4)24(30)32/h6-11,14,16,19,33H,12-13,15H2,1-5H3,(H,29,31). The molecule has 1 aliphatic heterocycles. The van der Waals surface area contributed by atoms with Crippen LogP contribution in [0.15, 0.2) is 42.5 Å². The van der Waals surface area contributed by atoms with Gasteiger partial charge >= 0.3 is 0 Å². The Morgan fingerprint density at radius 2 is 1.85 bits per heavy atom. The van der Waals surface area contributed by atoms with Gasteiger partial charge in [0.1, 0.15) is 0 Å². The van der Waals surface area contributed by atoms with E-state index in [0.717, 1.165) is 16.8 Å². The maximum absolute atomic E-state index is 13.2. The molecule has 2 atom stereocenters. The van der Waals surface area contributed by atoms with E-state index in [0.29, 0.717) is 28.8 Å². The van der Waals surface area contributed by atoms with Crippen molar-refractivity contribution < 1.29 is 14.7 Å². The smallest absolute Gasteiger partial charge is 0.253 e. The average Bonchev–Trinajstić information content (AvgIpc) is 2.90. The van der Waals surface area contributed by atoms with Crippen molar-refractivity contribution in [2.24, 2.45) is 5.92 Å². The van der Waals surface area contributed by atoms with E-state index >= 15 is 0 Å². The SMILES string of the molecule is CC(C)CC(Cc1ccc(Cl)cc1Cl)NC(=O)C(C)(O)CN1C(=O)C(C)(C)c2ccccc21. The van der Waals surface area contributed by atoms with Crippen LogP contribution in [0.25, 0.3) is 0 Å². The number of fused-ring (bicyclic) bond motifs is 1. The average molecular weight is 491 g/mol. The molecule has 3 rings (SSSR count). The van der Waals surface area contributed by atoms with Crippen molar-refractivity contribution in [3.8, 4) is 0 Å². The van der Waals surface area contributed by atoms with E-state index in [1.165, 1.54) is 11.8 Å². The molecule has 0 saturated carbocycles. The van der Waals surface area contributed by atoms with Gasteiger partial charge in [0, 0.05) is 21.8 Å². The van der Waals surface area contributed by atoms with Gasteiger partial charge < -0.3 is 15.3 Å². The van der Waals surface area contributed by atoms with Crippen LogP contribution in [0.4, 0.5) is 5.69 Å². The number of carbonyl (C=O) groups is 2. The molecule has 0 aliphatic carbocycles. The van der Waals surface area contributed by atoms with Gasteiger partial charge in [0.05, 0.1) is 12.0 Å². The van der Waals surface area contributed by atoms with Crippen LogP contribution >= 0.6 is 23.2 Å². The Morgan fingerprint density at radius 3 is 2.48 bits per heavy atom. The first-order chi connectivity index (χ1) is 15.3. The Balaban J connectivity index is 1.78. The van der Waals surface area contributed by atoms with Gasteiger partial charge in [-0.15, -0.1) is 0 Å². The fraction of sp³-hybridized carbons (Fsp3) is 0.462. The minimum absolute atomic E-state index is 0.131. The highest BCUT2D eigenvalue weighted by Gasteiger charge is 2.47. The second-order valence-electron chi connectivity index (χ2n) is 10.0. The van der Waals surface area contributed by atoms with E-state index in [4.69, 9.17) is 23.2 Å². The van der Waals surface area contributed by atoms with Crippen LogP contribution in [0.5, 0.6) is 0 Å². The second-order valence-corrected chi connectivity index (χ2v) is 10.9. The van der Waals surface area contributed by atoms with Gasteiger partial charge in [-0.25, -0.2) is 0 Å². The number of hydrogen-bond acceptors (Lipinski definition) is 3. The minimum Gasteiger partial charge on any atom is -0.378 e. The molecule has 0 radical (unpaired) electrons. The Kier molecular flexibility index (Phi) is 7.47. The summed E-state index contributed by atoms with van der Waals surface area (Å²) in [5, 5.41) is 15.2. The molecule has 178 valence electrons. The molecule has 2 unspecified atom stereocenters. The molecule has 0 saturated heterocycles. The minimum atomic E-state index is -1.78. The number of hydrogen-bond donors (Lipinski definition) is 2. The summed E-state index contributed by atoms with van der Waals surface area (Å²) in [5.41, 5.74) is 0.00206. The Bertz CT molecular complexity index is 1050. The predicted molar refractivity (Wildman–Crippen MR) is 134 cm³/mol. The molecule has 5 nitrogen and oxygen atoms in total. The van der Waals surface area contributed by atoms with Crippen LogP contribution in [-0.2, 0) is 21.4 Å². The molecule has 1 aliphatic rings. The lowest BCUT2D eigenvalue weighted by Gasteiger charge is -2.31. The molecule has 1 heterocycles. The number of para-hydroxylation sites is 1. The first kappa shape index (κ1) is 25.5. The van der Waals surface area contributed by atoms with Gasteiger partial charge in [-0.05, 0) is 68.9 Å². The van der Waals surface area contributed by atoms with Crippen LogP contribution < -0.4 is 10.2 Å². The highest BCUT2D eigenvalue weighted by atomic mass is 35.5. The number of aliphatic hydroxyl groups is 1. The van der Waals surface area contributed by atoms with Crippen LogP contribution in [-0.4, -0.2) is 35.1 Å². The van der Waals surface area contributed by atoms with E-state index in [1.807, 2.05) is 44.2 Å². The maximum Gasteiger partial charge on any atom is 0.253 e. The molecule has 0 aromatic heterocycles. The van der Waals surface area contributed by atoms with Crippen molar-refractivity contribution in [3.63, 3.8) is 0 Å². The number of carbonyl (C=O) groups excluding carboxylic acids is 2. The fourth-order valence-electron chi connectivity index (χ4n) is 4.39. The molecule has 2 aromatic carbocycles. The van der Waals surface area contributed by atoms with Crippen molar-refractivity contribution >= 4 is 40.7 Å². The summed E-state index contributed by atoms with van der Waals surface area (Å²) in [6.45, 7) is 9.18. The number of rotatable bonds is 8. The molecule has 0 bridgehead atoms. The number of amides is 2. The first-order valence-electron chi connectivity index (χ1n) is 11.2. The van der Waals surface area contributed by atoms with Crippen LogP contribution in [0.1, 0.15) is 52.2 Å². The summed E-state index contributed by atoms with van der Waals surface area (Å²) in [5.74, 6) is -0.337. The quantitative estimate of drug-likeness (QED) is 0.537. The number of benzene rings is 2. The number of nitrogens with one attached hydrogen (secondary N) is 1. The Hall–Kier alpha value is -2.08. The maximum atomic E-state index is 13.2. The van der Waals surface area contributed by atoms with Crippen molar-refractivity contribution in [1.82, 2.24) is 5.32 Å². The van der Waals surface area contributed by atoms with E-state index in [-0.39, 0.29) is 18.5 Å². The molecular formula is C26H32Cl2N2O3. The number of nitrogens with zero attached hydrogens (tertiary/aromatic N) is 1. The number of anilines is 1. The fourth-order valence-corrected chi connectivity index (χ4v) is 4.88. The summed E-state index contributed by atoms with van der Waals surface area (Å²) >= 11 is 12.4. The Labute approximate surface area is 206 Å². The highest BCUT2D eigenvalue weighted by Crippen LogP contribution is 2.41. The molecule has 0 fully saturated rings. The molecule has 7 heteroatoms. The van der Waals surface area contributed by atoms with E-state index in [1.54, 1.807) is 12.1 Å². The van der Waals surface area contributed by atoms with Crippen LogP contribution in [0.3, 0.4) is 0 Å². The van der Waals surface area contributed by atoms with E-state index in [2.05, 4.69) is 19.2 Å². The van der Waals surface area contributed by atoms with Crippen molar-refractivity contribution in [2.45, 2.75) is 64.5 Å². The van der Waals surface area contributed by atoms with Gasteiger partial charge in [-0.2, -0.15) is 0 Å². The summed E-state index contributed by atoms with van der Waals surface area (Å²) in [4.78, 5) is 27.8. The lowest BCUT2D eigenvalue weighted by molar-refractivity contribution is -0.138. The topological polar surface area (TPSA) is 69.6 Å². The zero-order chi connectivity index (χ0) is 24.6. The molecule has 2 amide bonds. The number of β-amino-alcohol motifs (C(OH)–C–C–N with tert-alkyl or cyclic N) is 1. The van der Waals surface area contributed by atoms with Crippen LogP contribution in [0.2, 0.25) is 10.0 Å². The lowest BCUT2D eigenvalue weighted by Crippen LogP contribution is -2.56. The molecule has 33 heavy (non-hydrogen) atoms.